The Kier molecular flexibility index (Phi) is 3.17. The van der Waals surface area contributed by atoms with E-state index in [1.54, 1.807) is 12.1 Å². The Hall–Kier alpha value is -1.96. The maximum Gasteiger partial charge on any atom is 0.263 e. The van der Waals surface area contributed by atoms with Gasteiger partial charge in [0, 0.05) is 19.3 Å². The van der Waals surface area contributed by atoms with E-state index in [1.807, 2.05) is 24.3 Å². The Labute approximate surface area is 117 Å². The smallest absolute Gasteiger partial charge is 0.263 e. The van der Waals surface area contributed by atoms with Crippen LogP contribution in [0.2, 0.25) is 0 Å². The minimum atomic E-state index is -3.67. The highest BCUT2D eigenvalue weighted by Gasteiger charge is 2.32. The second kappa shape index (κ2) is 4.86. The summed E-state index contributed by atoms with van der Waals surface area (Å²) >= 11 is 0. The number of pyridine rings is 1. The Morgan fingerprint density at radius 2 is 1.75 bits per heavy atom. The number of nitrogens with zero attached hydrogens (tertiary/aromatic N) is 2. The first-order chi connectivity index (χ1) is 9.63. The molecule has 0 saturated heterocycles. The topological polar surface area (TPSA) is 88.3 Å². The minimum absolute atomic E-state index is 0.0460. The standard InChI is InChI=1S/C13H14N4O2S/c14-16-12-6-3-7-15-13(12)20(18,19)17-8-10-4-1-2-5-11(10)9-17/h1-7,16H,8-9,14H2. The molecule has 0 amide bonds. The highest BCUT2D eigenvalue weighted by Crippen LogP contribution is 2.29. The van der Waals surface area contributed by atoms with Gasteiger partial charge in [-0.3, -0.25) is 5.84 Å². The number of hydrazine groups is 1. The number of hydrogen-bond acceptors (Lipinski definition) is 5. The number of anilines is 1. The highest BCUT2D eigenvalue weighted by atomic mass is 32.2. The van der Waals surface area contributed by atoms with Crippen LogP contribution >= 0.6 is 0 Å². The molecule has 3 N–H and O–H groups in total. The fourth-order valence-corrected chi connectivity index (χ4v) is 3.76. The van der Waals surface area contributed by atoms with E-state index in [2.05, 4.69) is 10.4 Å². The van der Waals surface area contributed by atoms with Crippen LogP contribution in [0.25, 0.3) is 0 Å². The zero-order valence-electron chi connectivity index (χ0n) is 10.7. The number of fused-ring (bicyclic) bond motifs is 1. The predicted molar refractivity (Wildman–Crippen MR) is 74.9 cm³/mol. The van der Waals surface area contributed by atoms with Crippen LogP contribution in [0.3, 0.4) is 0 Å². The normalized spacial score (nSPS) is 15.1. The van der Waals surface area contributed by atoms with Crippen LogP contribution < -0.4 is 11.3 Å². The molecule has 0 saturated carbocycles. The molecule has 1 aromatic heterocycles. The molecule has 1 aliphatic rings. The molecular formula is C13H14N4O2S. The molecule has 0 spiro atoms. The average Bonchev–Trinajstić information content (AvgIpc) is 2.92. The Bertz CT molecular complexity index is 721. The molecule has 0 aliphatic carbocycles. The van der Waals surface area contributed by atoms with Crippen LogP contribution in [0.4, 0.5) is 5.69 Å². The summed E-state index contributed by atoms with van der Waals surface area (Å²) in [6, 6.07) is 10.9. The number of nitrogens with one attached hydrogen (secondary N) is 1. The van der Waals surface area contributed by atoms with Crippen molar-refractivity contribution in [3.05, 3.63) is 53.7 Å². The molecule has 6 nitrogen and oxygen atoms in total. The first-order valence-electron chi connectivity index (χ1n) is 6.11. The van der Waals surface area contributed by atoms with Crippen molar-refractivity contribution in [3.8, 4) is 0 Å². The summed E-state index contributed by atoms with van der Waals surface area (Å²) in [5.74, 6) is 5.36. The highest BCUT2D eigenvalue weighted by molar-refractivity contribution is 7.89. The molecule has 1 aromatic carbocycles. The van der Waals surface area contributed by atoms with Gasteiger partial charge in [-0.05, 0) is 23.3 Å². The lowest BCUT2D eigenvalue weighted by atomic mass is 10.1. The summed E-state index contributed by atoms with van der Waals surface area (Å²) in [6.07, 6.45) is 1.44. The van der Waals surface area contributed by atoms with E-state index in [0.29, 0.717) is 18.8 Å². The molecule has 0 radical (unpaired) electrons. The molecule has 104 valence electrons. The number of sulfonamides is 1. The van der Waals surface area contributed by atoms with Gasteiger partial charge in [-0.15, -0.1) is 0 Å². The molecule has 0 unspecified atom stereocenters. The third-order valence-corrected chi connectivity index (χ3v) is 5.07. The van der Waals surface area contributed by atoms with Crippen LogP contribution in [-0.4, -0.2) is 17.7 Å². The summed E-state index contributed by atoms with van der Waals surface area (Å²) in [7, 11) is -3.67. The largest absolute Gasteiger partial charge is 0.321 e. The van der Waals surface area contributed by atoms with E-state index in [4.69, 9.17) is 5.84 Å². The van der Waals surface area contributed by atoms with Crippen molar-refractivity contribution >= 4 is 15.7 Å². The van der Waals surface area contributed by atoms with E-state index in [-0.39, 0.29) is 5.03 Å². The minimum Gasteiger partial charge on any atom is -0.321 e. The summed E-state index contributed by atoms with van der Waals surface area (Å²) in [6.45, 7) is 0.720. The molecule has 7 heteroatoms. The van der Waals surface area contributed by atoms with E-state index < -0.39 is 10.0 Å². The van der Waals surface area contributed by atoms with E-state index in [0.717, 1.165) is 11.1 Å². The van der Waals surface area contributed by atoms with Crippen LogP contribution in [0.1, 0.15) is 11.1 Å². The maximum atomic E-state index is 12.7. The van der Waals surface area contributed by atoms with Crippen molar-refractivity contribution in [2.24, 2.45) is 5.84 Å². The second-order valence-corrected chi connectivity index (χ2v) is 6.40. The summed E-state index contributed by atoms with van der Waals surface area (Å²) < 4.78 is 26.7. The van der Waals surface area contributed by atoms with Gasteiger partial charge < -0.3 is 5.43 Å². The average molecular weight is 290 g/mol. The number of rotatable bonds is 3. The first kappa shape index (κ1) is 13.0. The van der Waals surface area contributed by atoms with Gasteiger partial charge in [-0.1, -0.05) is 24.3 Å². The van der Waals surface area contributed by atoms with Gasteiger partial charge in [0.2, 0.25) is 0 Å². The third-order valence-electron chi connectivity index (χ3n) is 3.32. The zero-order chi connectivity index (χ0) is 14.2. The predicted octanol–water partition coefficient (Wildman–Crippen LogP) is 1.07. The van der Waals surface area contributed by atoms with Crippen LogP contribution in [-0.2, 0) is 23.1 Å². The van der Waals surface area contributed by atoms with Gasteiger partial charge in [0.1, 0.15) is 0 Å². The van der Waals surface area contributed by atoms with E-state index in [9.17, 15) is 8.42 Å². The molecule has 2 aromatic rings. The van der Waals surface area contributed by atoms with Gasteiger partial charge in [0.05, 0.1) is 5.69 Å². The number of aromatic nitrogens is 1. The molecule has 20 heavy (non-hydrogen) atoms. The zero-order valence-corrected chi connectivity index (χ0v) is 11.5. The van der Waals surface area contributed by atoms with Gasteiger partial charge in [0.25, 0.3) is 10.0 Å². The quantitative estimate of drug-likeness (QED) is 0.652. The van der Waals surface area contributed by atoms with Gasteiger partial charge >= 0.3 is 0 Å². The number of benzene rings is 1. The molecule has 2 heterocycles. The van der Waals surface area contributed by atoms with Gasteiger partial charge in [0.15, 0.2) is 5.03 Å². The maximum absolute atomic E-state index is 12.7. The van der Waals surface area contributed by atoms with Crippen molar-refractivity contribution in [2.45, 2.75) is 18.1 Å². The van der Waals surface area contributed by atoms with Crippen molar-refractivity contribution < 1.29 is 8.42 Å². The lowest BCUT2D eigenvalue weighted by Gasteiger charge is -2.16. The number of nitrogens with two attached hydrogens (primary N) is 1. The van der Waals surface area contributed by atoms with Crippen molar-refractivity contribution in [1.29, 1.82) is 0 Å². The molecule has 3 rings (SSSR count). The monoisotopic (exact) mass is 290 g/mol. The second-order valence-electron chi connectivity index (χ2n) is 4.54. The fraction of sp³-hybridized carbons (Fsp3) is 0.154. The summed E-state index contributed by atoms with van der Waals surface area (Å²) in [5, 5.41) is -0.0460. The SMILES string of the molecule is NNc1cccnc1S(=O)(=O)N1Cc2ccccc2C1. The number of nitrogen functional groups attached to an aromatic ring is 1. The van der Waals surface area contributed by atoms with Gasteiger partial charge in [-0.2, -0.15) is 4.31 Å². The first-order valence-corrected chi connectivity index (χ1v) is 7.55. The number of hydrogen-bond donors (Lipinski definition) is 2. The van der Waals surface area contributed by atoms with E-state index >= 15 is 0 Å². The Morgan fingerprint density at radius 1 is 1.10 bits per heavy atom. The molecule has 1 aliphatic heterocycles. The fourth-order valence-electron chi connectivity index (χ4n) is 2.30. The lowest BCUT2D eigenvalue weighted by Crippen LogP contribution is -2.28. The van der Waals surface area contributed by atoms with Crippen molar-refractivity contribution in [1.82, 2.24) is 9.29 Å². The van der Waals surface area contributed by atoms with Crippen LogP contribution in [0, 0.1) is 0 Å². The van der Waals surface area contributed by atoms with Crippen molar-refractivity contribution in [3.63, 3.8) is 0 Å². The molecule has 0 atom stereocenters. The van der Waals surface area contributed by atoms with Crippen LogP contribution in [0.5, 0.6) is 0 Å². The Morgan fingerprint density at radius 3 is 2.35 bits per heavy atom. The van der Waals surface area contributed by atoms with Gasteiger partial charge in [-0.25, -0.2) is 13.4 Å². The summed E-state index contributed by atoms with van der Waals surface area (Å²) in [5.41, 5.74) is 4.72. The molecular weight excluding hydrogens is 276 g/mol. The summed E-state index contributed by atoms with van der Waals surface area (Å²) in [4.78, 5) is 3.96. The Balaban J connectivity index is 1.99. The molecule has 0 bridgehead atoms. The lowest BCUT2D eigenvalue weighted by molar-refractivity contribution is 0.429. The van der Waals surface area contributed by atoms with Crippen LogP contribution in [0.15, 0.2) is 47.6 Å². The molecule has 0 fully saturated rings. The van der Waals surface area contributed by atoms with Crippen molar-refractivity contribution in [2.75, 3.05) is 5.43 Å². The van der Waals surface area contributed by atoms with E-state index in [1.165, 1.54) is 10.5 Å². The third kappa shape index (κ3) is 2.05.